The molecule has 0 radical (unpaired) electrons. The second kappa shape index (κ2) is 12.7. The van der Waals surface area contributed by atoms with Crippen LogP contribution in [0.5, 0.6) is 0 Å². The molecule has 2 atom stereocenters. The lowest BCUT2D eigenvalue weighted by molar-refractivity contribution is -0.115. The van der Waals surface area contributed by atoms with Crippen LogP contribution >= 0.6 is 0 Å². The normalized spacial score (nSPS) is 18.3. The molecule has 1 aliphatic rings. The van der Waals surface area contributed by atoms with Crippen molar-refractivity contribution in [2.24, 2.45) is 0 Å². The summed E-state index contributed by atoms with van der Waals surface area (Å²) in [4.78, 5) is 23.7. The molecular formula is C27H40O4. The summed E-state index contributed by atoms with van der Waals surface area (Å²) < 4.78 is 0. The third-order valence-electron chi connectivity index (χ3n) is 5.76. The SMILES string of the molecule is CC(C)=CCCC(C)(O)C(O)CCC(C)=CCCC(C)=CCC1=CC(=O)C=C(C)C1=O. The Hall–Kier alpha value is -2.04. The van der Waals surface area contributed by atoms with Crippen molar-refractivity contribution < 1.29 is 19.8 Å². The lowest BCUT2D eigenvalue weighted by atomic mass is 9.89. The molecular weight excluding hydrogens is 388 g/mol. The number of Topliss-reactive ketones (excluding diaryl/α,β-unsaturated/α-hetero) is 1. The van der Waals surface area contributed by atoms with E-state index in [9.17, 15) is 19.8 Å². The van der Waals surface area contributed by atoms with Crippen LogP contribution in [0.3, 0.4) is 0 Å². The minimum atomic E-state index is -1.08. The lowest BCUT2D eigenvalue weighted by Gasteiger charge is -2.29. The van der Waals surface area contributed by atoms with Gasteiger partial charge in [-0.05, 0) is 98.6 Å². The molecule has 2 unspecified atom stereocenters. The van der Waals surface area contributed by atoms with Gasteiger partial charge in [0.2, 0.25) is 0 Å². The van der Waals surface area contributed by atoms with Crippen LogP contribution in [0.25, 0.3) is 0 Å². The van der Waals surface area contributed by atoms with Crippen LogP contribution in [-0.4, -0.2) is 33.5 Å². The number of hydrogen-bond donors (Lipinski definition) is 2. The van der Waals surface area contributed by atoms with E-state index < -0.39 is 11.7 Å². The smallest absolute Gasteiger partial charge is 0.185 e. The number of aliphatic hydroxyl groups excluding tert-OH is 1. The number of aliphatic hydroxyl groups is 2. The fraction of sp³-hybridized carbons (Fsp3) is 0.556. The zero-order valence-corrected chi connectivity index (χ0v) is 20.1. The third kappa shape index (κ3) is 10.2. The minimum Gasteiger partial charge on any atom is -0.390 e. The summed E-state index contributed by atoms with van der Waals surface area (Å²) in [7, 11) is 0. The molecule has 0 aromatic rings. The minimum absolute atomic E-state index is 0.0466. The number of allylic oxidation sites excluding steroid dienone is 10. The molecule has 0 heterocycles. The topological polar surface area (TPSA) is 74.6 Å². The van der Waals surface area contributed by atoms with E-state index in [4.69, 9.17) is 0 Å². The highest BCUT2D eigenvalue weighted by Gasteiger charge is 2.29. The first kappa shape index (κ1) is 27.0. The van der Waals surface area contributed by atoms with E-state index in [0.717, 1.165) is 25.7 Å². The van der Waals surface area contributed by atoms with Crippen LogP contribution < -0.4 is 0 Å². The highest BCUT2D eigenvalue weighted by atomic mass is 16.3. The Morgan fingerprint density at radius 3 is 2.29 bits per heavy atom. The van der Waals surface area contributed by atoms with Gasteiger partial charge in [0, 0.05) is 11.1 Å². The fourth-order valence-electron chi connectivity index (χ4n) is 3.49. The van der Waals surface area contributed by atoms with E-state index >= 15 is 0 Å². The molecule has 4 nitrogen and oxygen atoms in total. The van der Waals surface area contributed by atoms with Gasteiger partial charge in [-0.3, -0.25) is 9.59 Å². The van der Waals surface area contributed by atoms with Crippen molar-refractivity contribution in [3.05, 3.63) is 58.2 Å². The van der Waals surface area contributed by atoms with Crippen molar-refractivity contribution in [3.8, 4) is 0 Å². The quantitative estimate of drug-likeness (QED) is 0.308. The van der Waals surface area contributed by atoms with Gasteiger partial charge in [0.15, 0.2) is 11.6 Å². The van der Waals surface area contributed by atoms with Crippen LogP contribution in [0.15, 0.2) is 58.2 Å². The Bertz CT molecular complexity index is 799. The molecule has 0 aromatic heterocycles. The number of carbonyl (C=O) groups excluding carboxylic acids is 2. The van der Waals surface area contributed by atoms with E-state index in [1.165, 1.54) is 28.9 Å². The lowest BCUT2D eigenvalue weighted by Crippen LogP contribution is -2.39. The van der Waals surface area contributed by atoms with Gasteiger partial charge in [-0.15, -0.1) is 0 Å². The van der Waals surface area contributed by atoms with Crippen LogP contribution in [0.2, 0.25) is 0 Å². The predicted octanol–water partition coefficient (Wildman–Crippen LogP) is 5.71. The van der Waals surface area contributed by atoms with Gasteiger partial charge in [0.05, 0.1) is 11.7 Å². The van der Waals surface area contributed by atoms with Gasteiger partial charge in [-0.1, -0.05) is 34.9 Å². The summed E-state index contributed by atoms with van der Waals surface area (Å²) >= 11 is 0. The predicted molar refractivity (Wildman–Crippen MR) is 128 cm³/mol. The molecule has 0 aromatic carbocycles. The van der Waals surface area contributed by atoms with Crippen molar-refractivity contribution in [1.29, 1.82) is 0 Å². The molecule has 172 valence electrons. The monoisotopic (exact) mass is 428 g/mol. The molecule has 0 bridgehead atoms. The van der Waals surface area contributed by atoms with E-state index in [1.807, 2.05) is 26.8 Å². The maximum Gasteiger partial charge on any atom is 0.185 e. The Morgan fingerprint density at radius 2 is 1.65 bits per heavy atom. The van der Waals surface area contributed by atoms with Crippen molar-refractivity contribution in [3.63, 3.8) is 0 Å². The Kier molecular flexibility index (Phi) is 11.1. The van der Waals surface area contributed by atoms with Gasteiger partial charge >= 0.3 is 0 Å². The summed E-state index contributed by atoms with van der Waals surface area (Å²) in [6.07, 6.45) is 13.2. The van der Waals surface area contributed by atoms with Gasteiger partial charge < -0.3 is 10.2 Å². The Morgan fingerprint density at radius 1 is 1.00 bits per heavy atom. The van der Waals surface area contributed by atoms with E-state index in [-0.39, 0.29) is 11.6 Å². The van der Waals surface area contributed by atoms with Gasteiger partial charge in [0.1, 0.15) is 0 Å². The molecule has 2 N–H and O–H groups in total. The molecule has 4 heteroatoms. The zero-order valence-electron chi connectivity index (χ0n) is 20.1. The molecule has 0 saturated heterocycles. The largest absolute Gasteiger partial charge is 0.390 e. The maximum absolute atomic E-state index is 12.1. The van der Waals surface area contributed by atoms with Crippen LogP contribution in [-0.2, 0) is 9.59 Å². The summed E-state index contributed by atoms with van der Waals surface area (Å²) in [5, 5.41) is 20.9. The Balaban J connectivity index is 2.43. The first-order valence-corrected chi connectivity index (χ1v) is 11.2. The van der Waals surface area contributed by atoms with Crippen LogP contribution in [0, 0.1) is 0 Å². The van der Waals surface area contributed by atoms with Crippen LogP contribution in [0.1, 0.15) is 86.5 Å². The highest BCUT2D eigenvalue weighted by Crippen LogP contribution is 2.23. The fourth-order valence-corrected chi connectivity index (χ4v) is 3.49. The van der Waals surface area contributed by atoms with Crippen molar-refractivity contribution >= 4 is 11.6 Å². The third-order valence-corrected chi connectivity index (χ3v) is 5.76. The van der Waals surface area contributed by atoms with E-state index in [0.29, 0.717) is 30.4 Å². The first-order chi connectivity index (χ1) is 14.4. The molecule has 0 amide bonds. The van der Waals surface area contributed by atoms with Crippen molar-refractivity contribution in [2.45, 2.75) is 98.2 Å². The maximum atomic E-state index is 12.1. The van der Waals surface area contributed by atoms with Gasteiger partial charge in [-0.2, -0.15) is 0 Å². The molecule has 0 aliphatic heterocycles. The van der Waals surface area contributed by atoms with Crippen molar-refractivity contribution in [1.82, 2.24) is 0 Å². The zero-order chi connectivity index (χ0) is 23.6. The summed E-state index contributed by atoms with van der Waals surface area (Å²) in [5.74, 6) is -0.162. The molecule has 0 fully saturated rings. The Labute approximate surface area is 188 Å². The number of ketones is 2. The number of hydrogen-bond acceptors (Lipinski definition) is 4. The molecule has 0 spiro atoms. The summed E-state index contributed by atoms with van der Waals surface area (Å²) in [5.41, 5.74) is 3.58. The second-order valence-corrected chi connectivity index (χ2v) is 9.30. The first-order valence-electron chi connectivity index (χ1n) is 11.2. The average Bonchev–Trinajstić information content (AvgIpc) is 2.67. The summed E-state index contributed by atoms with van der Waals surface area (Å²) in [6, 6.07) is 0. The second-order valence-electron chi connectivity index (χ2n) is 9.30. The number of carbonyl (C=O) groups is 2. The highest BCUT2D eigenvalue weighted by molar-refractivity contribution is 6.20. The van der Waals surface area contributed by atoms with Gasteiger partial charge in [0.25, 0.3) is 0 Å². The van der Waals surface area contributed by atoms with Gasteiger partial charge in [-0.25, -0.2) is 0 Å². The van der Waals surface area contributed by atoms with E-state index in [2.05, 4.69) is 19.1 Å². The van der Waals surface area contributed by atoms with Crippen molar-refractivity contribution in [2.75, 3.05) is 0 Å². The molecule has 0 saturated carbocycles. The molecule has 1 aliphatic carbocycles. The standard InChI is InChI=1S/C27H40O4/c1-19(2)9-8-16-27(6,31)25(29)15-13-21(4)11-7-10-20(3)12-14-23-18-24(28)17-22(5)26(23)30/h9,11-12,17-18,25,29,31H,7-8,10,13-16H2,1-6H3. The average molecular weight is 429 g/mol. The summed E-state index contributed by atoms with van der Waals surface area (Å²) in [6.45, 7) is 11.5. The van der Waals surface area contributed by atoms with Crippen LogP contribution in [0.4, 0.5) is 0 Å². The molecule has 31 heavy (non-hydrogen) atoms. The van der Waals surface area contributed by atoms with E-state index in [1.54, 1.807) is 13.8 Å². The number of rotatable bonds is 12. The molecule has 1 rings (SSSR count).